The molecule has 0 spiro atoms. The number of allylic oxidation sites excluding steroid dienone is 1. The summed E-state index contributed by atoms with van der Waals surface area (Å²) in [7, 11) is 0. The first-order chi connectivity index (χ1) is 9.95. The number of ketones is 1. The van der Waals surface area contributed by atoms with Crippen LogP contribution in [0.5, 0.6) is 0 Å². The third kappa shape index (κ3) is 1.78. The van der Waals surface area contributed by atoms with E-state index in [0.29, 0.717) is 23.0 Å². The van der Waals surface area contributed by atoms with Crippen LogP contribution in [0.15, 0.2) is 11.6 Å². The second-order valence-corrected chi connectivity index (χ2v) is 8.57. The zero-order valence-corrected chi connectivity index (χ0v) is 13.4. The summed E-state index contributed by atoms with van der Waals surface area (Å²) in [6.07, 6.45) is 10.7. The molecule has 2 heteroatoms. The van der Waals surface area contributed by atoms with Crippen molar-refractivity contribution in [3.05, 3.63) is 11.6 Å². The zero-order valence-electron chi connectivity index (χ0n) is 13.4. The summed E-state index contributed by atoms with van der Waals surface area (Å²) in [6.45, 7) is 4.69. The van der Waals surface area contributed by atoms with Crippen LogP contribution in [0.3, 0.4) is 0 Å². The van der Waals surface area contributed by atoms with Crippen LogP contribution >= 0.6 is 0 Å². The highest BCUT2D eigenvalue weighted by atomic mass is 16.3. The number of hydrogen-bond acceptors (Lipinski definition) is 2. The van der Waals surface area contributed by atoms with Crippen LogP contribution in [-0.2, 0) is 4.79 Å². The third-order valence-corrected chi connectivity index (χ3v) is 7.79. The Morgan fingerprint density at radius 1 is 1.10 bits per heavy atom. The summed E-state index contributed by atoms with van der Waals surface area (Å²) >= 11 is 0. The molecule has 0 aliphatic heterocycles. The highest BCUT2D eigenvalue weighted by Gasteiger charge is 2.58. The van der Waals surface area contributed by atoms with Gasteiger partial charge in [-0.3, -0.25) is 4.79 Å². The van der Waals surface area contributed by atoms with Crippen molar-refractivity contribution in [2.24, 2.45) is 28.6 Å². The van der Waals surface area contributed by atoms with Crippen molar-refractivity contribution >= 4 is 5.78 Å². The van der Waals surface area contributed by atoms with Crippen molar-refractivity contribution in [1.29, 1.82) is 0 Å². The molecule has 6 atom stereocenters. The van der Waals surface area contributed by atoms with Gasteiger partial charge in [-0.1, -0.05) is 25.5 Å². The fourth-order valence-electron chi connectivity index (χ4n) is 6.41. The Kier molecular flexibility index (Phi) is 2.96. The predicted octanol–water partition coefficient (Wildman–Crippen LogP) is 3.88. The molecule has 0 bridgehead atoms. The number of Topliss-reactive ketones (excluding diaryl/α,β-unsaturated/α-hetero) is 1. The maximum Gasteiger partial charge on any atom is 0.139 e. The van der Waals surface area contributed by atoms with Gasteiger partial charge in [-0.2, -0.15) is 0 Å². The number of hydrogen-bond donors (Lipinski definition) is 1. The maximum atomic E-state index is 12.4. The van der Waals surface area contributed by atoms with Gasteiger partial charge in [0.2, 0.25) is 0 Å². The lowest BCUT2D eigenvalue weighted by Gasteiger charge is -2.56. The van der Waals surface area contributed by atoms with Crippen molar-refractivity contribution in [2.75, 3.05) is 0 Å². The third-order valence-electron chi connectivity index (χ3n) is 7.79. The first-order valence-electron chi connectivity index (χ1n) is 8.86. The van der Waals surface area contributed by atoms with Crippen molar-refractivity contribution in [2.45, 2.75) is 71.3 Å². The van der Waals surface area contributed by atoms with Crippen LogP contribution in [0.2, 0.25) is 0 Å². The molecule has 3 saturated carbocycles. The number of aliphatic hydroxyl groups is 1. The van der Waals surface area contributed by atoms with E-state index in [-0.39, 0.29) is 11.5 Å². The smallest absolute Gasteiger partial charge is 0.139 e. The van der Waals surface area contributed by atoms with E-state index in [0.717, 1.165) is 50.9 Å². The molecule has 0 amide bonds. The molecule has 4 aliphatic carbocycles. The van der Waals surface area contributed by atoms with Crippen LogP contribution in [0.1, 0.15) is 65.2 Å². The molecule has 2 nitrogen and oxygen atoms in total. The Morgan fingerprint density at radius 3 is 2.62 bits per heavy atom. The van der Waals surface area contributed by atoms with Crippen molar-refractivity contribution in [3.63, 3.8) is 0 Å². The molecule has 4 rings (SSSR count). The van der Waals surface area contributed by atoms with Crippen LogP contribution < -0.4 is 0 Å². The molecule has 0 aromatic heterocycles. The van der Waals surface area contributed by atoms with Gasteiger partial charge < -0.3 is 5.11 Å². The molecule has 116 valence electrons. The highest BCUT2D eigenvalue weighted by Crippen LogP contribution is 2.63. The van der Waals surface area contributed by atoms with E-state index in [1.54, 1.807) is 0 Å². The average molecular weight is 288 g/mol. The van der Waals surface area contributed by atoms with Gasteiger partial charge >= 0.3 is 0 Å². The maximum absolute atomic E-state index is 12.4. The number of rotatable bonds is 0. The summed E-state index contributed by atoms with van der Waals surface area (Å²) in [5, 5.41) is 10.00. The quantitative estimate of drug-likeness (QED) is 0.687. The fourth-order valence-corrected chi connectivity index (χ4v) is 6.41. The molecule has 4 aliphatic rings. The van der Waals surface area contributed by atoms with Gasteiger partial charge in [-0.15, -0.1) is 0 Å². The zero-order chi connectivity index (χ0) is 14.8. The largest absolute Gasteiger partial charge is 0.393 e. The Balaban J connectivity index is 1.69. The van der Waals surface area contributed by atoms with Gasteiger partial charge in [0.1, 0.15) is 5.78 Å². The van der Waals surface area contributed by atoms with Crippen LogP contribution in [0, 0.1) is 28.6 Å². The van der Waals surface area contributed by atoms with E-state index in [1.165, 1.54) is 12.0 Å². The minimum atomic E-state index is -0.122. The van der Waals surface area contributed by atoms with E-state index in [4.69, 9.17) is 0 Å². The topological polar surface area (TPSA) is 37.3 Å². The van der Waals surface area contributed by atoms with Gasteiger partial charge in [0.15, 0.2) is 0 Å². The summed E-state index contributed by atoms with van der Waals surface area (Å²) in [5.41, 5.74) is 1.81. The lowest BCUT2D eigenvalue weighted by atomic mass is 9.48. The SMILES string of the molecule is C[C@@]12CC[C@@H]3[C@H](CC=C4C[C@H](O)CC[C@]43C)[C@H]1CCC2=O. The fraction of sp³-hybridized carbons (Fsp3) is 0.842. The molecule has 0 aromatic rings. The minimum Gasteiger partial charge on any atom is -0.393 e. The van der Waals surface area contributed by atoms with Crippen LogP contribution in [0.4, 0.5) is 0 Å². The highest BCUT2D eigenvalue weighted by molar-refractivity contribution is 5.87. The van der Waals surface area contributed by atoms with Crippen molar-refractivity contribution in [1.82, 2.24) is 0 Å². The Hall–Kier alpha value is -0.630. The van der Waals surface area contributed by atoms with Gasteiger partial charge in [0.25, 0.3) is 0 Å². The number of carbonyl (C=O) groups excluding carboxylic acids is 1. The standard InChI is InChI=1S/C19H28O2/c1-18-9-7-13(20)11-12(18)3-4-14-15-5-6-17(21)19(15,2)10-8-16(14)18/h3,13-16,20H,4-11H2,1-2H3/t13-,14-,15-,16-,18-,19-/m1/s1. The van der Waals surface area contributed by atoms with E-state index in [1.807, 2.05) is 0 Å². The Morgan fingerprint density at radius 2 is 1.81 bits per heavy atom. The molecule has 3 fully saturated rings. The number of fused-ring (bicyclic) bond motifs is 5. The van der Waals surface area contributed by atoms with E-state index in [2.05, 4.69) is 19.9 Å². The second-order valence-electron chi connectivity index (χ2n) is 8.57. The van der Waals surface area contributed by atoms with Crippen molar-refractivity contribution in [3.8, 4) is 0 Å². The summed E-state index contributed by atoms with van der Waals surface area (Å²) in [4.78, 5) is 12.4. The second kappa shape index (κ2) is 4.44. The molecule has 21 heavy (non-hydrogen) atoms. The summed E-state index contributed by atoms with van der Waals surface area (Å²) in [5.74, 6) is 2.60. The Bertz CT molecular complexity index is 508. The lowest BCUT2D eigenvalue weighted by Crippen LogP contribution is -2.50. The number of aliphatic hydroxyl groups excluding tert-OH is 1. The molecule has 0 unspecified atom stereocenters. The van der Waals surface area contributed by atoms with Gasteiger partial charge in [-0.05, 0) is 68.1 Å². The predicted molar refractivity (Wildman–Crippen MR) is 82.7 cm³/mol. The van der Waals surface area contributed by atoms with Gasteiger partial charge in [0, 0.05) is 11.8 Å². The normalized spacial score (nSPS) is 52.7. The monoisotopic (exact) mass is 288 g/mol. The molecule has 0 saturated heterocycles. The van der Waals surface area contributed by atoms with Crippen LogP contribution in [-0.4, -0.2) is 17.0 Å². The molecule has 0 aromatic carbocycles. The van der Waals surface area contributed by atoms with E-state index in [9.17, 15) is 9.90 Å². The average Bonchev–Trinajstić information content (AvgIpc) is 2.76. The molecule has 0 heterocycles. The molecular weight excluding hydrogens is 260 g/mol. The van der Waals surface area contributed by atoms with E-state index >= 15 is 0 Å². The van der Waals surface area contributed by atoms with Crippen molar-refractivity contribution < 1.29 is 9.90 Å². The van der Waals surface area contributed by atoms with E-state index < -0.39 is 0 Å². The minimum absolute atomic E-state index is 0.0168. The molecule has 0 radical (unpaired) electrons. The number of carbonyl (C=O) groups is 1. The molecule has 1 N–H and O–H groups in total. The Labute approximate surface area is 128 Å². The van der Waals surface area contributed by atoms with Gasteiger partial charge in [-0.25, -0.2) is 0 Å². The van der Waals surface area contributed by atoms with Gasteiger partial charge in [0.05, 0.1) is 6.10 Å². The molecular formula is C19H28O2. The lowest BCUT2D eigenvalue weighted by molar-refractivity contribution is -0.132. The summed E-state index contributed by atoms with van der Waals surface area (Å²) < 4.78 is 0. The summed E-state index contributed by atoms with van der Waals surface area (Å²) in [6, 6.07) is 0. The first kappa shape index (κ1) is 14.0. The van der Waals surface area contributed by atoms with Crippen LogP contribution in [0.25, 0.3) is 0 Å². The first-order valence-corrected chi connectivity index (χ1v) is 8.86.